The number of pyridine rings is 1. The zero-order valence-corrected chi connectivity index (χ0v) is 9.47. The number of ketones is 1. The van der Waals surface area contributed by atoms with Crippen LogP contribution in [0.25, 0.3) is 10.4 Å². The van der Waals surface area contributed by atoms with Crippen LogP contribution in [0.1, 0.15) is 22.2 Å². The fraction of sp³-hybridized carbons (Fsp3) is 0.167. The molecule has 0 saturated heterocycles. The van der Waals surface area contributed by atoms with E-state index < -0.39 is 0 Å². The lowest BCUT2D eigenvalue weighted by Gasteiger charge is -1.99. The molecular formula is C12H11NOS. The van der Waals surface area contributed by atoms with Gasteiger partial charge in [-0.1, -0.05) is 0 Å². The van der Waals surface area contributed by atoms with Gasteiger partial charge in [0.25, 0.3) is 0 Å². The van der Waals surface area contributed by atoms with Crippen molar-refractivity contribution in [3.63, 3.8) is 0 Å². The van der Waals surface area contributed by atoms with Gasteiger partial charge in [0.1, 0.15) is 0 Å². The molecule has 0 N–H and O–H groups in total. The molecule has 0 unspecified atom stereocenters. The quantitative estimate of drug-likeness (QED) is 0.722. The van der Waals surface area contributed by atoms with E-state index in [1.54, 1.807) is 30.7 Å². The van der Waals surface area contributed by atoms with Crippen LogP contribution in [0.2, 0.25) is 0 Å². The molecule has 0 aromatic carbocycles. The summed E-state index contributed by atoms with van der Waals surface area (Å²) >= 11 is 1.71. The minimum atomic E-state index is 0.0534. The summed E-state index contributed by atoms with van der Waals surface area (Å²) in [5, 5.41) is 0. The van der Waals surface area contributed by atoms with Crippen LogP contribution < -0.4 is 0 Å². The van der Waals surface area contributed by atoms with Crippen molar-refractivity contribution in [3.8, 4) is 10.4 Å². The smallest absolute Gasteiger partial charge is 0.161 e. The van der Waals surface area contributed by atoms with E-state index in [0.717, 1.165) is 10.4 Å². The lowest BCUT2D eigenvalue weighted by Crippen LogP contribution is -1.92. The first kappa shape index (κ1) is 10.1. The lowest BCUT2D eigenvalue weighted by molar-refractivity contribution is 0.101. The van der Waals surface area contributed by atoms with Crippen LogP contribution in [0.5, 0.6) is 0 Å². The summed E-state index contributed by atoms with van der Waals surface area (Å²) in [5.41, 5.74) is 1.68. The minimum Gasteiger partial charge on any atom is -0.294 e. The third-order valence-electron chi connectivity index (χ3n) is 2.17. The summed E-state index contributed by atoms with van der Waals surface area (Å²) in [4.78, 5) is 17.7. The molecule has 0 amide bonds. The fourth-order valence-electron chi connectivity index (χ4n) is 1.36. The van der Waals surface area contributed by atoms with Crippen molar-refractivity contribution < 1.29 is 4.79 Å². The summed E-state index contributed by atoms with van der Waals surface area (Å²) < 4.78 is 0. The zero-order valence-electron chi connectivity index (χ0n) is 8.65. The van der Waals surface area contributed by atoms with Crippen molar-refractivity contribution in [1.82, 2.24) is 4.98 Å². The third-order valence-corrected chi connectivity index (χ3v) is 3.22. The van der Waals surface area contributed by atoms with Gasteiger partial charge in [-0.25, -0.2) is 0 Å². The Morgan fingerprint density at radius 2 is 2.13 bits per heavy atom. The predicted molar refractivity (Wildman–Crippen MR) is 62.3 cm³/mol. The van der Waals surface area contributed by atoms with Crippen molar-refractivity contribution in [1.29, 1.82) is 0 Å². The normalized spacial score (nSPS) is 10.3. The molecule has 2 nitrogen and oxygen atoms in total. The number of nitrogens with zero attached hydrogens (tertiary/aromatic N) is 1. The van der Waals surface area contributed by atoms with Crippen LogP contribution in [0, 0.1) is 6.92 Å². The summed E-state index contributed by atoms with van der Waals surface area (Å²) in [6, 6.07) is 6.02. The SMILES string of the molecule is CC(=O)c1cncc(-c2ccc(C)s2)c1. The van der Waals surface area contributed by atoms with Gasteiger partial charge in [-0.05, 0) is 32.0 Å². The van der Waals surface area contributed by atoms with Gasteiger partial charge in [0, 0.05) is 33.3 Å². The highest BCUT2D eigenvalue weighted by Crippen LogP contribution is 2.27. The topological polar surface area (TPSA) is 30.0 Å². The van der Waals surface area contributed by atoms with Crippen LogP contribution in [0.3, 0.4) is 0 Å². The molecule has 0 radical (unpaired) electrons. The average Bonchev–Trinajstić information content (AvgIpc) is 2.65. The Hall–Kier alpha value is -1.48. The number of carbonyl (C=O) groups excluding carboxylic acids is 1. The second-order valence-corrected chi connectivity index (χ2v) is 4.72. The lowest BCUT2D eigenvalue weighted by atomic mass is 10.1. The van der Waals surface area contributed by atoms with Gasteiger partial charge in [-0.15, -0.1) is 11.3 Å². The Labute approximate surface area is 92.6 Å². The Kier molecular flexibility index (Phi) is 2.64. The van der Waals surface area contributed by atoms with Gasteiger partial charge in [0.2, 0.25) is 0 Å². The fourth-order valence-corrected chi connectivity index (χ4v) is 2.21. The van der Waals surface area contributed by atoms with Gasteiger partial charge in [0.05, 0.1) is 0 Å². The molecule has 2 rings (SSSR count). The van der Waals surface area contributed by atoms with E-state index in [1.165, 1.54) is 4.88 Å². The predicted octanol–water partition coefficient (Wildman–Crippen LogP) is 3.32. The first-order valence-electron chi connectivity index (χ1n) is 4.69. The van der Waals surface area contributed by atoms with E-state index in [9.17, 15) is 4.79 Å². The summed E-state index contributed by atoms with van der Waals surface area (Å²) in [6.07, 6.45) is 3.39. The first-order chi connectivity index (χ1) is 7.16. The highest BCUT2D eigenvalue weighted by Gasteiger charge is 2.04. The zero-order chi connectivity index (χ0) is 10.8. The molecule has 2 heterocycles. The van der Waals surface area contributed by atoms with Crippen LogP contribution in [0.15, 0.2) is 30.6 Å². The molecule has 2 aromatic heterocycles. The molecule has 0 aliphatic rings. The molecule has 2 aromatic rings. The molecule has 0 atom stereocenters. The molecular weight excluding hydrogens is 206 g/mol. The minimum absolute atomic E-state index is 0.0534. The molecule has 0 bridgehead atoms. The highest BCUT2D eigenvalue weighted by molar-refractivity contribution is 7.15. The number of hydrogen-bond donors (Lipinski definition) is 0. The molecule has 0 fully saturated rings. The number of aromatic nitrogens is 1. The average molecular weight is 217 g/mol. The van der Waals surface area contributed by atoms with Crippen LogP contribution in [-0.4, -0.2) is 10.8 Å². The maximum absolute atomic E-state index is 11.2. The maximum atomic E-state index is 11.2. The Balaban J connectivity index is 2.45. The molecule has 3 heteroatoms. The number of aryl methyl sites for hydroxylation is 1. The summed E-state index contributed by atoms with van der Waals surface area (Å²) in [6.45, 7) is 3.62. The number of hydrogen-bond acceptors (Lipinski definition) is 3. The number of thiophene rings is 1. The van der Waals surface area contributed by atoms with Crippen molar-refractivity contribution in [2.24, 2.45) is 0 Å². The molecule has 0 aliphatic carbocycles. The molecule has 0 saturated carbocycles. The summed E-state index contributed by atoms with van der Waals surface area (Å²) in [7, 11) is 0. The molecule has 76 valence electrons. The maximum Gasteiger partial charge on any atom is 0.161 e. The second-order valence-electron chi connectivity index (χ2n) is 3.43. The molecule has 15 heavy (non-hydrogen) atoms. The van der Waals surface area contributed by atoms with Gasteiger partial charge in [0.15, 0.2) is 5.78 Å². The molecule has 0 spiro atoms. The van der Waals surface area contributed by atoms with Crippen molar-refractivity contribution in [2.75, 3.05) is 0 Å². The first-order valence-corrected chi connectivity index (χ1v) is 5.51. The van der Waals surface area contributed by atoms with Gasteiger partial charge >= 0.3 is 0 Å². The second kappa shape index (κ2) is 3.95. The Bertz CT molecular complexity index is 502. The van der Waals surface area contributed by atoms with E-state index >= 15 is 0 Å². The van der Waals surface area contributed by atoms with E-state index in [-0.39, 0.29) is 5.78 Å². The van der Waals surface area contributed by atoms with E-state index in [0.29, 0.717) is 5.56 Å². The number of rotatable bonds is 2. The van der Waals surface area contributed by atoms with Gasteiger partial charge in [-0.2, -0.15) is 0 Å². The Morgan fingerprint density at radius 3 is 2.73 bits per heavy atom. The van der Waals surface area contributed by atoms with E-state index in [4.69, 9.17) is 0 Å². The number of Topliss-reactive ketones (excluding diaryl/α,β-unsaturated/α-hetero) is 1. The van der Waals surface area contributed by atoms with Crippen LogP contribution in [0.4, 0.5) is 0 Å². The third kappa shape index (κ3) is 2.13. The van der Waals surface area contributed by atoms with Crippen molar-refractivity contribution in [2.45, 2.75) is 13.8 Å². The molecule has 0 aliphatic heterocycles. The van der Waals surface area contributed by atoms with Crippen LogP contribution in [-0.2, 0) is 0 Å². The van der Waals surface area contributed by atoms with E-state index in [2.05, 4.69) is 24.0 Å². The van der Waals surface area contributed by atoms with Gasteiger partial charge < -0.3 is 0 Å². The number of carbonyl (C=O) groups is 1. The largest absolute Gasteiger partial charge is 0.294 e. The van der Waals surface area contributed by atoms with Crippen LogP contribution >= 0.6 is 11.3 Å². The van der Waals surface area contributed by atoms with Gasteiger partial charge in [-0.3, -0.25) is 9.78 Å². The summed E-state index contributed by atoms with van der Waals surface area (Å²) in [5.74, 6) is 0.0534. The monoisotopic (exact) mass is 217 g/mol. The van der Waals surface area contributed by atoms with Crippen molar-refractivity contribution in [3.05, 3.63) is 41.0 Å². The van der Waals surface area contributed by atoms with Crippen molar-refractivity contribution >= 4 is 17.1 Å². The van der Waals surface area contributed by atoms with E-state index in [1.807, 2.05) is 6.07 Å². The highest BCUT2D eigenvalue weighted by atomic mass is 32.1. The Morgan fingerprint density at radius 1 is 1.33 bits per heavy atom. The standard InChI is InChI=1S/C12H11NOS/c1-8-3-4-12(15-8)11-5-10(9(2)14)6-13-7-11/h3-7H,1-2H3.